The van der Waals surface area contributed by atoms with E-state index in [4.69, 9.17) is 32.7 Å². The lowest BCUT2D eigenvalue weighted by Crippen LogP contribution is -2.32. The van der Waals surface area contributed by atoms with Gasteiger partial charge in [0.25, 0.3) is 0 Å². The second-order valence-electron chi connectivity index (χ2n) is 9.23. The van der Waals surface area contributed by atoms with E-state index in [1.54, 1.807) is 0 Å². The van der Waals surface area contributed by atoms with E-state index in [0.29, 0.717) is 20.3 Å². The van der Waals surface area contributed by atoms with Crippen LogP contribution in [0.3, 0.4) is 0 Å². The fraction of sp³-hybridized carbons (Fsp3) is 0.276. The lowest BCUT2D eigenvalue weighted by molar-refractivity contribution is -0.139. The van der Waals surface area contributed by atoms with E-state index in [2.05, 4.69) is 28.6 Å². The summed E-state index contributed by atoms with van der Waals surface area (Å²) in [7, 11) is 0. The number of ether oxygens (including phenoxy) is 2. The highest BCUT2D eigenvalue weighted by atomic mass is 79.9. The molecule has 0 radical (unpaired) electrons. The summed E-state index contributed by atoms with van der Waals surface area (Å²) in [4.78, 5) is 11.3. The molecule has 4 rings (SSSR count). The Morgan fingerprint density at radius 2 is 1.81 bits per heavy atom. The summed E-state index contributed by atoms with van der Waals surface area (Å²) in [6.45, 7) is 7.82. The van der Waals surface area contributed by atoms with Gasteiger partial charge in [-0.15, -0.1) is 0 Å². The van der Waals surface area contributed by atoms with Crippen molar-refractivity contribution < 1.29 is 19.4 Å². The first kappa shape index (κ1) is 26.7. The van der Waals surface area contributed by atoms with Crippen LogP contribution in [0.2, 0.25) is 10.0 Å². The Hall–Kier alpha value is -2.31. The predicted octanol–water partition coefficient (Wildman–Crippen LogP) is 8.71. The Morgan fingerprint density at radius 1 is 1.08 bits per heavy atom. The molecule has 1 N–H and O–H groups in total. The second kappa shape index (κ2) is 11.4. The fourth-order valence-corrected chi connectivity index (χ4v) is 5.91. The van der Waals surface area contributed by atoms with Crippen molar-refractivity contribution in [3.63, 3.8) is 0 Å². The van der Waals surface area contributed by atoms with Gasteiger partial charge in [-0.05, 0) is 89.3 Å². The third kappa shape index (κ3) is 5.97. The molecule has 188 valence electrons. The summed E-state index contributed by atoms with van der Waals surface area (Å²) in [5.74, 6) is -0.609. The minimum absolute atomic E-state index is 0.0134. The highest BCUT2D eigenvalue weighted by molar-refractivity contribution is 9.10. The Kier molecular flexibility index (Phi) is 8.46. The molecule has 0 spiro atoms. The number of halogens is 3. The number of carboxylic acids is 1. The van der Waals surface area contributed by atoms with E-state index >= 15 is 0 Å². The maximum Gasteiger partial charge on any atom is 0.341 e. The van der Waals surface area contributed by atoms with Crippen molar-refractivity contribution in [2.75, 3.05) is 6.61 Å². The van der Waals surface area contributed by atoms with Crippen molar-refractivity contribution in [3.05, 3.63) is 110 Å². The van der Waals surface area contributed by atoms with Gasteiger partial charge in [-0.1, -0.05) is 59.6 Å². The van der Waals surface area contributed by atoms with Gasteiger partial charge in [0.15, 0.2) is 6.61 Å². The standard InChI is InChI=1S/C29H27BrCl2O4/c1-16(2)22-14-23(19-5-4-6-21(32)13-19)27(18-7-9-20(31)10-8-18)36-28(22)24-11-17(3)12-25(30)29(24)35-15-26(33)34/h4-13,22-23,27-28H,1,14-15H2,2-3H3,(H,33,34)/t22-,23-,27+,28+/m1/s1. The number of rotatable bonds is 7. The van der Waals surface area contributed by atoms with Crippen LogP contribution < -0.4 is 4.74 Å². The number of carbonyl (C=O) groups is 1. The minimum Gasteiger partial charge on any atom is -0.480 e. The largest absolute Gasteiger partial charge is 0.480 e. The number of hydrogen-bond acceptors (Lipinski definition) is 3. The Labute approximate surface area is 230 Å². The maximum absolute atomic E-state index is 11.3. The van der Waals surface area contributed by atoms with E-state index < -0.39 is 18.7 Å². The molecular formula is C29H27BrCl2O4. The lowest BCUT2D eigenvalue weighted by atomic mass is 9.74. The van der Waals surface area contributed by atoms with Gasteiger partial charge in [0.2, 0.25) is 0 Å². The molecular weight excluding hydrogens is 563 g/mol. The van der Waals surface area contributed by atoms with E-state index in [1.807, 2.05) is 68.4 Å². The number of carboxylic acid groups (broad SMARTS) is 1. The van der Waals surface area contributed by atoms with Gasteiger partial charge in [-0.2, -0.15) is 0 Å². The number of benzene rings is 3. The van der Waals surface area contributed by atoms with Crippen LogP contribution in [-0.2, 0) is 9.53 Å². The molecule has 4 nitrogen and oxygen atoms in total. The molecule has 7 heteroatoms. The maximum atomic E-state index is 11.3. The first-order valence-electron chi connectivity index (χ1n) is 11.6. The van der Waals surface area contributed by atoms with Crippen LogP contribution in [0.15, 0.2) is 77.3 Å². The van der Waals surface area contributed by atoms with Crippen molar-refractivity contribution in [2.45, 2.75) is 38.4 Å². The predicted molar refractivity (Wildman–Crippen MR) is 147 cm³/mol. The SMILES string of the molecule is C=C(C)[C@H]1C[C@H](c2cccc(Cl)c2)[C@H](c2ccc(Cl)cc2)O[C@@H]1c1cc(C)cc(Br)c1OCC(=O)O. The summed E-state index contributed by atoms with van der Waals surface area (Å²) in [6.07, 6.45) is 0.0592. The summed E-state index contributed by atoms with van der Waals surface area (Å²) in [6, 6.07) is 19.5. The zero-order chi connectivity index (χ0) is 26.0. The van der Waals surface area contributed by atoms with Crippen molar-refractivity contribution in [3.8, 4) is 5.75 Å². The van der Waals surface area contributed by atoms with E-state index in [1.165, 1.54) is 0 Å². The van der Waals surface area contributed by atoms with Gasteiger partial charge in [-0.3, -0.25) is 0 Å². The van der Waals surface area contributed by atoms with Crippen LogP contribution in [0.25, 0.3) is 0 Å². The lowest BCUT2D eigenvalue weighted by Gasteiger charge is -2.43. The molecule has 0 amide bonds. The molecule has 4 atom stereocenters. The zero-order valence-corrected chi connectivity index (χ0v) is 23.1. The molecule has 0 aliphatic carbocycles. The zero-order valence-electron chi connectivity index (χ0n) is 20.0. The van der Waals surface area contributed by atoms with Crippen LogP contribution in [-0.4, -0.2) is 17.7 Å². The second-order valence-corrected chi connectivity index (χ2v) is 11.0. The first-order valence-corrected chi connectivity index (χ1v) is 13.2. The average molecular weight is 590 g/mol. The summed E-state index contributed by atoms with van der Waals surface area (Å²) in [5.41, 5.74) is 4.85. The highest BCUT2D eigenvalue weighted by Gasteiger charge is 2.42. The molecule has 3 aromatic carbocycles. The molecule has 36 heavy (non-hydrogen) atoms. The van der Waals surface area contributed by atoms with Gasteiger partial charge in [0.1, 0.15) is 5.75 Å². The average Bonchev–Trinajstić information content (AvgIpc) is 2.82. The Bertz CT molecular complexity index is 1270. The molecule has 1 saturated heterocycles. The van der Waals surface area contributed by atoms with Crippen molar-refractivity contribution >= 4 is 45.1 Å². The molecule has 1 fully saturated rings. The molecule has 0 aromatic heterocycles. The van der Waals surface area contributed by atoms with Gasteiger partial charge in [0, 0.05) is 27.4 Å². The smallest absolute Gasteiger partial charge is 0.341 e. The molecule has 0 unspecified atom stereocenters. The van der Waals surface area contributed by atoms with Crippen LogP contribution in [0.4, 0.5) is 0 Å². The van der Waals surface area contributed by atoms with Crippen molar-refractivity contribution in [1.82, 2.24) is 0 Å². The minimum atomic E-state index is -1.05. The van der Waals surface area contributed by atoms with Gasteiger partial charge in [0.05, 0.1) is 16.7 Å². The van der Waals surface area contributed by atoms with E-state index in [9.17, 15) is 9.90 Å². The quantitative estimate of drug-likeness (QED) is 0.280. The summed E-state index contributed by atoms with van der Waals surface area (Å²) < 4.78 is 13.4. The van der Waals surface area contributed by atoms with Gasteiger partial charge < -0.3 is 14.6 Å². The van der Waals surface area contributed by atoms with Gasteiger partial charge >= 0.3 is 5.97 Å². The third-order valence-corrected chi connectivity index (χ3v) is 7.58. The number of hydrogen-bond donors (Lipinski definition) is 1. The van der Waals surface area contributed by atoms with Crippen LogP contribution in [0.1, 0.15) is 53.7 Å². The Balaban J connectivity index is 1.84. The third-order valence-electron chi connectivity index (χ3n) is 6.50. The molecule has 0 saturated carbocycles. The van der Waals surface area contributed by atoms with Crippen molar-refractivity contribution in [1.29, 1.82) is 0 Å². The van der Waals surface area contributed by atoms with Gasteiger partial charge in [-0.25, -0.2) is 4.79 Å². The summed E-state index contributed by atoms with van der Waals surface area (Å²) in [5, 5.41) is 10.6. The van der Waals surface area contributed by atoms with Crippen LogP contribution in [0.5, 0.6) is 5.75 Å². The molecule has 0 bridgehead atoms. The normalized spacial score (nSPS) is 21.7. The Morgan fingerprint density at radius 3 is 2.44 bits per heavy atom. The molecule has 3 aromatic rings. The van der Waals surface area contributed by atoms with Crippen molar-refractivity contribution in [2.24, 2.45) is 5.92 Å². The summed E-state index contributed by atoms with van der Waals surface area (Å²) >= 11 is 16.1. The number of aryl methyl sites for hydroxylation is 1. The van der Waals surface area contributed by atoms with Crippen LogP contribution in [0, 0.1) is 12.8 Å². The fourth-order valence-electron chi connectivity index (χ4n) is 4.88. The first-order chi connectivity index (χ1) is 17.1. The van der Waals surface area contributed by atoms with E-state index in [0.717, 1.165) is 34.2 Å². The topological polar surface area (TPSA) is 55.8 Å². The van der Waals surface area contributed by atoms with E-state index in [-0.39, 0.29) is 17.9 Å². The molecule has 1 aliphatic rings. The molecule has 1 heterocycles. The van der Waals surface area contributed by atoms with Crippen LogP contribution >= 0.6 is 39.1 Å². The highest BCUT2D eigenvalue weighted by Crippen LogP contribution is 2.54. The molecule has 1 aliphatic heterocycles. The monoisotopic (exact) mass is 588 g/mol. The number of aliphatic carboxylic acids is 1.